The minimum Gasteiger partial charge on any atom is -0.411 e. The van der Waals surface area contributed by atoms with Gasteiger partial charge < -0.3 is 15.1 Å². The first-order valence-electron chi connectivity index (χ1n) is 9.41. The summed E-state index contributed by atoms with van der Waals surface area (Å²) >= 11 is 7.03. The number of carbonyl (C=O) groups excluding carboxylic acids is 2. The molecule has 0 unspecified atom stereocenters. The van der Waals surface area contributed by atoms with E-state index < -0.39 is 0 Å². The number of benzene rings is 2. The number of carbonyl (C=O) groups is 2. The number of aromatic nitrogens is 2. The molecule has 1 saturated carbocycles. The maximum Gasteiger partial charge on any atom is 0.277 e. The highest BCUT2D eigenvalue weighted by Gasteiger charge is 2.29. The molecule has 3 aromatic rings. The second-order valence-electron chi connectivity index (χ2n) is 7.01. The molecule has 1 aromatic heterocycles. The summed E-state index contributed by atoms with van der Waals surface area (Å²) in [4.78, 5) is 24.3. The molecule has 0 aliphatic heterocycles. The van der Waals surface area contributed by atoms with Gasteiger partial charge in [-0.05, 0) is 61.7 Å². The normalized spacial score (nSPS) is 13.1. The van der Waals surface area contributed by atoms with Crippen molar-refractivity contribution in [2.24, 2.45) is 5.92 Å². The number of thioether (sulfide) groups is 1. The minimum absolute atomic E-state index is 0.0274. The molecule has 1 aliphatic rings. The molecule has 1 aliphatic carbocycles. The lowest BCUT2D eigenvalue weighted by molar-refractivity contribution is -0.117. The number of amides is 2. The Hall–Kier alpha value is -2.84. The Morgan fingerprint density at radius 1 is 1.13 bits per heavy atom. The summed E-state index contributed by atoms with van der Waals surface area (Å²) in [5, 5.41) is 14.6. The standard InChI is InChI=1S/C21H19ClN4O3S/c1-12-2-9-16(23-19(28)13-3-4-13)10-17(12)24-18(27)11-30-21-26-25-20(29-21)14-5-7-15(22)8-6-14/h2,5-10,13H,3-4,11H2,1H3,(H,23,28)(H,24,27). The highest BCUT2D eigenvalue weighted by Crippen LogP contribution is 2.31. The van der Waals surface area contributed by atoms with Crippen LogP contribution in [0.1, 0.15) is 18.4 Å². The van der Waals surface area contributed by atoms with E-state index in [9.17, 15) is 9.59 Å². The van der Waals surface area contributed by atoms with Crippen LogP contribution in [0, 0.1) is 12.8 Å². The van der Waals surface area contributed by atoms with E-state index >= 15 is 0 Å². The van der Waals surface area contributed by atoms with Crippen molar-refractivity contribution >= 4 is 46.6 Å². The van der Waals surface area contributed by atoms with Gasteiger partial charge in [0.05, 0.1) is 5.75 Å². The van der Waals surface area contributed by atoms with Crippen molar-refractivity contribution in [1.82, 2.24) is 10.2 Å². The highest BCUT2D eigenvalue weighted by atomic mass is 35.5. The summed E-state index contributed by atoms with van der Waals surface area (Å²) < 4.78 is 5.60. The van der Waals surface area contributed by atoms with Crippen molar-refractivity contribution in [3.8, 4) is 11.5 Å². The van der Waals surface area contributed by atoms with Crippen LogP contribution in [0.4, 0.5) is 11.4 Å². The molecule has 154 valence electrons. The predicted octanol–water partition coefficient (Wildman–Crippen LogP) is 4.78. The Kier molecular flexibility index (Phi) is 6.06. The fourth-order valence-corrected chi connectivity index (χ4v) is 3.40. The Morgan fingerprint density at radius 3 is 2.63 bits per heavy atom. The van der Waals surface area contributed by atoms with E-state index in [1.54, 1.807) is 30.3 Å². The lowest BCUT2D eigenvalue weighted by Crippen LogP contribution is -2.16. The molecule has 1 heterocycles. The van der Waals surface area contributed by atoms with Gasteiger partial charge in [-0.2, -0.15) is 0 Å². The number of nitrogens with zero attached hydrogens (tertiary/aromatic N) is 2. The van der Waals surface area contributed by atoms with Crippen LogP contribution in [0.15, 0.2) is 52.1 Å². The van der Waals surface area contributed by atoms with Crippen LogP contribution in [0.25, 0.3) is 11.5 Å². The van der Waals surface area contributed by atoms with Crippen molar-refractivity contribution in [2.75, 3.05) is 16.4 Å². The number of hydrogen-bond acceptors (Lipinski definition) is 6. The van der Waals surface area contributed by atoms with E-state index in [1.807, 2.05) is 19.1 Å². The van der Waals surface area contributed by atoms with Gasteiger partial charge in [-0.15, -0.1) is 10.2 Å². The van der Waals surface area contributed by atoms with E-state index in [0.29, 0.717) is 27.5 Å². The van der Waals surface area contributed by atoms with Crippen LogP contribution >= 0.6 is 23.4 Å². The summed E-state index contributed by atoms with van der Waals surface area (Å²) in [5.41, 5.74) is 2.98. The molecular weight excluding hydrogens is 424 g/mol. The molecule has 0 saturated heterocycles. The summed E-state index contributed by atoms with van der Waals surface area (Å²) in [5.74, 6) is 0.414. The van der Waals surface area contributed by atoms with E-state index in [4.69, 9.17) is 16.0 Å². The molecule has 1 fully saturated rings. The Bertz CT molecular complexity index is 1080. The molecule has 4 rings (SSSR count). The van der Waals surface area contributed by atoms with Crippen molar-refractivity contribution in [3.63, 3.8) is 0 Å². The maximum atomic E-state index is 12.4. The Morgan fingerprint density at radius 2 is 1.90 bits per heavy atom. The summed E-state index contributed by atoms with van der Waals surface area (Å²) in [6.07, 6.45) is 1.88. The molecule has 2 aromatic carbocycles. The lowest BCUT2D eigenvalue weighted by Gasteiger charge is -2.11. The number of hydrogen-bond donors (Lipinski definition) is 2. The number of rotatable bonds is 7. The van der Waals surface area contributed by atoms with Gasteiger partial charge in [-0.3, -0.25) is 9.59 Å². The maximum absolute atomic E-state index is 12.4. The van der Waals surface area contributed by atoms with E-state index in [2.05, 4.69) is 20.8 Å². The average Bonchev–Trinajstić information content (AvgIpc) is 3.48. The van der Waals surface area contributed by atoms with Crippen LogP contribution in [0.3, 0.4) is 0 Å². The molecule has 30 heavy (non-hydrogen) atoms. The summed E-state index contributed by atoms with van der Waals surface area (Å²) in [6.45, 7) is 1.89. The van der Waals surface area contributed by atoms with Gasteiger partial charge in [0.25, 0.3) is 5.22 Å². The largest absolute Gasteiger partial charge is 0.411 e. The molecule has 0 spiro atoms. The van der Waals surface area contributed by atoms with Gasteiger partial charge in [0.2, 0.25) is 17.7 Å². The number of anilines is 2. The first-order chi connectivity index (χ1) is 14.5. The second kappa shape index (κ2) is 8.89. The molecule has 2 N–H and O–H groups in total. The predicted molar refractivity (Wildman–Crippen MR) is 117 cm³/mol. The van der Waals surface area contributed by atoms with Crippen LogP contribution in [-0.2, 0) is 9.59 Å². The van der Waals surface area contributed by atoms with Crippen molar-refractivity contribution in [3.05, 3.63) is 53.1 Å². The van der Waals surface area contributed by atoms with E-state index in [1.165, 1.54) is 0 Å². The smallest absolute Gasteiger partial charge is 0.277 e. The monoisotopic (exact) mass is 442 g/mol. The van der Waals surface area contributed by atoms with Crippen LogP contribution < -0.4 is 10.6 Å². The van der Waals surface area contributed by atoms with Crippen molar-refractivity contribution in [1.29, 1.82) is 0 Å². The van der Waals surface area contributed by atoms with Crippen LogP contribution in [-0.4, -0.2) is 27.8 Å². The zero-order chi connectivity index (χ0) is 21.1. The van der Waals surface area contributed by atoms with Crippen molar-refractivity contribution < 1.29 is 14.0 Å². The number of aryl methyl sites for hydroxylation is 1. The third-order valence-electron chi connectivity index (χ3n) is 4.55. The average molecular weight is 443 g/mol. The third-order valence-corrected chi connectivity index (χ3v) is 5.62. The van der Waals surface area contributed by atoms with Gasteiger partial charge in [-0.25, -0.2) is 0 Å². The third kappa shape index (κ3) is 5.20. The van der Waals surface area contributed by atoms with Gasteiger partial charge in [0, 0.05) is 27.9 Å². The molecule has 0 atom stereocenters. The quantitative estimate of drug-likeness (QED) is 0.511. The first kappa shape index (κ1) is 20.4. The summed E-state index contributed by atoms with van der Waals surface area (Å²) in [7, 11) is 0. The Labute approximate surface area is 182 Å². The van der Waals surface area contributed by atoms with Crippen molar-refractivity contribution in [2.45, 2.75) is 25.0 Å². The molecule has 2 amide bonds. The molecule has 0 radical (unpaired) electrons. The van der Waals surface area contributed by atoms with Gasteiger partial charge >= 0.3 is 0 Å². The molecule has 9 heteroatoms. The molecule has 0 bridgehead atoms. The topological polar surface area (TPSA) is 97.1 Å². The summed E-state index contributed by atoms with van der Waals surface area (Å²) in [6, 6.07) is 12.5. The first-order valence-corrected chi connectivity index (χ1v) is 10.8. The highest BCUT2D eigenvalue weighted by molar-refractivity contribution is 7.99. The van der Waals surface area contributed by atoms with E-state index in [-0.39, 0.29) is 23.5 Å². The van der Waals surface area contributed by atoms with Gasteiger partial charge in [0.1, 0.15) is 0 Å². The second-order valence-corrected chi connectivity index (χ2v) is 8.37. The Balaban J connectivity index is 1.33. The van der Waals surface area contributed by atoms with E-state index in [0.717, 1.165) is 35.7 Å². The SMILES string of the molecule is Cc1ccc(NC(=O)C2CC2)cc1NC(=O)CSc1nnc(-c2ccc(Cl)cc2)o1. The van der Waals surface area contributed by atoms with Gasteiger partial charge in [0.15, 0.2) is 0 Å². The van der Waals surface area contributed by atoms with Crippen LogP contribution in [0.5, 0.6) is 0 Å². The zero-order valence-corrected chi connectivity index (χ0v) is 17.7. The fourth-order valence-electron chi connectivity index (χ4n) is 2.72. The molecular formula is C21H19ClN4O3S. The zero-order valence-electron chi connectivity index (χ0n) is 16.1. The van der Waals surface area contributed by atoms with Crippen LogP contribution in [0.2, 0.25) is 5.02 Å². The van der Waals surface area contributed by atoms with Gasteiger partial charge in [-0.1, -0.05) is 29.4 Å². The fraction of sp³-hybridized carbons (Fsp3) is 0.238. The molecule has 7 nitrogen and oxygen atoms in total. The number of nitrogens with one attached hydrogen (secondary N) is 2. The lowest BCUT2D eigenvalue weighted by atomic mass is 10.1. The number of halogens is 1. The minimum atomic E-state index is -0.208.